The zero-order chi connectivity index (χ0) is 22.2. The molecule has 0 aliphatic carbocycles. The van der Waals surface area contributed by atoms with Gasteiger partial charge in [-0.15, -0.1) is 0 Å². The molecular weight excluding hydrogens is 418 g/mol. The second-order valence-corrected chi connectivity index (χ2v) is 8.60. The highest BCUT2D eigenvalue weighted by Crippen LogP contribution is 2.34. The predicted molar refractivity (Wildman–Crippen MR) is 119 cm³/mol. The van der Waals surface area contributed by atoms with Gasteiger partial charge in [0.1, 0.15) is 5.75 Å². The Kier molecular flexibility index (Phi) is 5.65. The van der Waals surface area contributed by atoms with Gasteiger partial charge in [0, 0.05) is 41.8 Å². The summed E-state index contributed by atoms with van der Waals surface area (Å²) in [5.41, 5.74) is 6.30. The second-order valence-electron chi connectivity index (χ2n) is 7.51. The molecule has 0 saturated carbocycles. The molecule has 164 valence electrons. The first kappa shape index (κ1) is 21.2. The minimum absolute atomic E-state index is 0.172. The first-order valence-corrected chi connectivity index (χ1v) is 11.2. The lowest BCUT2D eigenvalue weighted by Gasteiger charge is -2.20. The minimum Gasteiger partial charge on any atom is -0.494 e. The van der Waals surface area contributed by atoms with Crippen molar-refractivity contribution in [1.82, 2.24) is 9.97 Å². The number of fused-ring (bicyclic) bond motifs is 1. The fourth-order valence-electron chi connectivity index (χ4n) is 4.00. The van der Waals surface area contributed by atoms with Gasteiger partial charge in [-0.2, -0.15) is 8.42 Å². The number of rotatable bonds is 6. The van der Waals surface area contributed by atoms with Gasteiger partial charge in [-0.1, -0.05) is 18.2 Å². The van der Waals surface area contributed by atoms with Gasteiger partial charge in [-0.05, 0) is 43.2 Å². The molecule has 0 spiro atoms. The van der Waals surface area contributed by atoms with E-state index < -0.39 is 10.4 Å². The van der Waals surface area contributed by atoms with Crippen molar-refractivity contribution in [2.24, 2.45) is 0 Å². The van der Waals surface area contributed by atoms with E-state index in [0.29, 0.717) is 12.2 Å². The lowest BCUT2D eigenvalue weighted by atomic mass is 10.1. The smallest absolute Gasteiger partial charge is 0.397 e. The standard InChI is InChI=1S/C22H25N3O5S/c1-14-10-15(2)23-17(14)12-19-22(29-3)13-18(24-19)21-11-16-6-4-5-7-20(16)25(21)8-9-30-31(26,27)28/h4-7,10,12-13,23-24H,8-9,11H2,1-3H3,(H,26,27,28). The summed E-state index contributed by atoms with van der Waals surface area (Å²) < 4.78 is 41.0. The number of H-pyrrole nitrogens is 2. The maximum Gasteiger partial charge on any atom is 0.397 e. The molecule has 9 heteroatoms. The van der Waals surface area contributed by atoms with Crippen molar-refractivity contribution in [1.29, 1.82) is 0 Å². The Labute approximate surface area is 180 Å². The summed E-state index contributed by atoms with van der Waals surface area (Å²) in [6.07, 6.45) is 2.69. The third kappa shape index (κ3) is 4.53. The van der Waals surface area contributed by atoms with E-state index in [9.17, 15) is 8.42 Å². The van der Waals surface area contributed by atoms with Gasteiger partial charge >= 0.3 is 10.4 Å². The third-order valence-corrected chi connectivity index (χ3v) is 5.80. The van der Waals surface area contributed by atoms with Crippen molar-refractivity contribution in [3.05, 3.63) is 69.6 Å². The molecule has 0 atom stereocenters. The number of para-hydroxylation sites is 1. The molecule has 1 aliphatic rings. The zero-order valence-corrected chi connectivity index (χ0v) is 18.4. The zero-order valence-electron chi connectivity index (χ0n) is 17.6. The number of nitrogens with one attached hydrogen (secondary N) is 2. The van der Waals surface area contributed by atoms with Crippen molar-refractivity contribution in [3.8, 4) is 5.75 Å². The molecule has 3 heterocycles. The van der Waals surface area contributed by atoms with E-state index in [1.54, 1.807) is 7.11 Å². The van der Waals surface area contributed by atoms with Crippen molar-refractivity contribution < 1.29 is 21.9 Å². The summed E-state index contributed by atoms with van der Waals surface area (Å²) in [5, 5.41) is 1.70. The van der Waals surface area contributed by atoms with E-state index in [0.717, 1.165) is 44.6 Å². The van der Waals surface area contributed by atoms with Crippen LogP contribution in [-0.2, 0) is 21.0 Å². The largest absolute Gasteiger partial charge is 0.494 e. The number of anilines is 1. The van der Waals surface area contributed by atoms with Crippen LogP contribution in [0, 0.1) is 13.8 Å². The third-order valence-electron chi connectivity index (χ3n) is 5.33. The van der Waals surface area contributed by atoms with Crippen LogP contribution in [0.1, 0.15) is 22.5 Å². The number of ether oxygens (including phenoxy) is 1. The van der Waals surface area contributed by atoms with Gasteiger partial charge in [-0.25, -0.2) is 4.18 Å². The van der Waals surface area contributed by atoms with Gasteiger partial charge in [0.15, 0.2) is 0 Å². The second kappa shape index (κ2) is 8.26. The molecule has 1 aromatic carbocycles. The van der Waals surface area contributed by atoms with Crippen LogP contribution in [0.2, 0.25) is 0 Å². The predicted octanol–water partition coefficient (Wildman–Crippen LogP) is 1.79. The highest BCUT2D eigenvalue weighted by atomic mass is 32.3. The fourth-order valence-corrected chi connectivity index (χ4v) is 4.29. The molecule has 0 bridgehead atoms. The monoisotopic (exact) mass is 443 g/mol. The first-order valence-electron chi connectivity index (χ1n) is 9.86. The minimum atomic E-state index is -4.49. The summed E-state index contributed by atoms with van der Waals surface area (Å²) >= 11 is 0. The fraction of sp³-hybridized carbons (Fsp3) is 0.273. The van der Waals surface area contributed by atoms with Crippen LogP contribution in [0.25, 0.3) is 11.8 Å². The normalized spacial score (nSPS) is 16.1. The molecule has 8 nitrogen and oxygen atoms in total. The Hall–Kier alpha value is -3.01. The van der Waals surface area contributed by atoms with Crippen molar-refractivity contribution in [2.45, 2.75) is 20.3 Å². The number of nitrogens with zero attached hydrogens (tertiary/aromatic N) is 1. The van der Waals surface area contributed by atoms with Crippen LogP contribution in [0.3, 0.4) is 0 Å². The topological polar surface area (TPSA) is 108 Å². The molecule has 31 heavy (non-hydrogen) atoms. The molecule has 0 amide bonds. The molecule has 1 aliphatic heterocycles. The maximum absolute atomic E-state index is 11.0. The van der Waals surface area contributed by atoms with E-state index in [2.05, 4.69) is 20.2 Å². The lowest BCUT2D eigenvalue weighted by Crippen LogP contribution is -2.29. The van der Waals surface area contributed by atoms with Gasteiger partial charge in [-0.3, -0.25) is 4.55 Å². The number of aromatic nitrogens is 2. The number of methoxy groups -OCH3 is 1. The van der Waals surface area contributed by atoms with Gasteiger partial charge < -0.3 is 19.6 Å². The average molecular weight is 444 g/mol. The summed E-state index contributed by atoms with van der Waals surface area (Å²) in [6, 6.07) is 11.9. The SMILES string of the molecule is COc1cc(=C2Cc3ccccc3N2CCOS(=O)(=O)O)[nH]c1=Cc1[nH]c(C)cc1C. The molecule has 0 unspecified atom stereocenters. The number of hydrogen-bond donors (Lipinski definition) is 3. The quantitative estimate of drug-likeness (QED) is 0.502. The highest BCUT2D eigenvalue weighted by molar-refractivity contribution is 7.80. The van der Waals surface area contributed by atoms with Crippen LogP contribution < -0.4 is 20.3 Å². The Morgan fingerprint density at radius 1 is 1.19 bits per heavy atom. The summed E-state index contributed by atoms with van der Waals surface area (Å²) in [7, 11) is -2.86. The number of benzene rings is 1. The molecule has 2 aromatic heterocycles. The Bertz CT molecular complexity index is 1340. The van der Waals surface area contributed by atoms with Gasteiger partial charge in [0.25, 0.3) is 0 Å². The summed E-state index contributed by atoms with van der Waals surface area (Å²) in [6.45, 7) is 4.15. The molecule has 0 radical (unpaired) electrons. The van der Waals surface area contributed by atoms with E-state index in [-0.39, 0.29) is 13.2 Å². The van der Waals surface area contributed by atoms with Gasteiger partial charge in [0.2, 0.25) is 0 Å². The van der Waals surface area contributed by atoms with Crippen LogP contribution in [-0.4, -0.2) is 43.2 Å². The van der Waals surface area contributed by atoms with E-state index in [1.165, 1.54) is 0 Å². The van der Waals surface area contributed by atoms with Crippen molar-refractivity contribution >= 4 is 27.9 Å². The molecule has 0 saturated heterocycles. The van der Waals surface area contributed by atoms with E-state index >= 15 is 0 Å². The van der Waals surface area contributed by atoms with Crippen molar-refractivity contribution in [2.75, 3.05) is 25.2 Å². The molecule has 3 aromatic rings. The van der Waals surface area contributed by atoms with Crippen LogP contribution in [0.5, 0.6) is 5.75 Å². The van der Waals surface area contributed by atoms with E-state index in [4.69, 9.17) is 9.29 Å². The number of aromatic amines is 2. The van der Waals surface area contributed by atoms with Crippen LogP contribution >= 0.6 is 0 Å². The molecule has 3 N–H and O–H groups in total. The summed E-state index contributed by atoms with van der Waals surface area (Å²) in [5.74, 6) is 0.708. The summed E-state index contributed by atoms with van der Waals surface area (Å²) in [4.78, 5) is 8.79. The number of aryl methyl sites for hydroxylation is 2. The maximum atomic E-state index is 11.0. The Morgan fingerprint density at radius 2 is 1.97 bits per heavy atom. The highest BCUT2D eigenvalue weighted by Gasteiger charge is 2.25. The molecular formula is C22H25N3O5S. The Morgan fingerprint density at radius 3 is 2.65 bits per heavy atom. The van der Waals surface area contributed by atoms with Crippen LogP contribution in [0.15, 0.2) is 36.4 Å². The number of hydrogen-bond acceptors (Lipinski definition) is 5. The Balaban J connectivity index is 1.79. The van der Waals surface area contributed by atoms with E-state index in [1.807, 2.05) is 55.2 Å². The first-order chi connectivity index (χ1) is 14.7. The van der Waals surface area contributed by atoms with Crippen molar-refractivity contribution in [3.63, 3.8) is 0 Å². The average Bonchev–Trinajstić information content (AvgIpc) is 3.36. The molecule has 0 fully saturated rings. The van der Waals surface area contributed by atoms with Crippen LogP contribution in [0.4, 0.5) is 5.69 Å². The van der Waals surface area contributed by atoms with Gasteiger partial charge in [0.05, 0.1) is 24.4 Å². The molecule has 4 rings (SSSR count). The lowest BCUT2D eigenvalue weighted by molar-refractivity contribution is 0.276.